The normalized spacial score (nSPS) is 25.6. The lowest BCUT2D eigenvalue weighted by Crippen LogP contribution is -2.46. The lowest BCUT2D eigenvalue weighted by atomic mass is 9.95. The molecule has 0 radical (unpaired) electrons. The van der Waals surface area contributed by atoms with Crippen LogP contribution in [0.5, 0.6) is 0 Å². The van der Waals surface area contributed by atoms with E-state index in [0.29, 0.717) is 6.54 Å². The number of methoxy groups -OCH3 is 1. The van der Waals surface area contributed by atoms with Gasteiger partial charge < -0.3 is 14.9 Å². The quantitative estimate of drug-likeness (QED) is 0.891. The van der Waals surface area contributed by atoms with Gasteiger partial charge in [-0.1, -0.05) is 0 Å². The molecule has 102 valence electrons. The first-order chi connectivity index (χ1) is 8.56. The smallest absolute Gasteiger partial charge is 0.120 e. The van der Waals surface area contributed by atoms with E-state index in [1.165, 1.54) is 6.42 Å². The van der Waals surface area contributed by atoms with E-state index in [4.69, 9.17) is 14.9 Å². The lowest BCUT2D eigenvalue weighted by Gasteiger charge is -2.39. The summed E-state index contributed by atoms with van der Waals surface area (Å²) in [5.41, 5.74) is 6.77. The number of rotatable bonds is 4. The fourth-order valence-electron chi connectivity index (χ4n) is 2.70. The van der Waals surface area contributed by atoms with Crippen molar-refractivity contribution in [2.45, 2.75) is 45.4 Å². The molecule has 18 heavy (non-hydrogen) atoms. The van der Waals surface area contributed by atoms with Crippen molar-refractivity contribution in [1.82, 2.24) is 4.90 Å². The van der Waals surface area contributed by atoms with Crippen LogP contribution in [0.25, 0.3) is 0 Å². The Hall–Kier alpha value is -0.840. The molecule has 0 amide bonds. The van der Waals surface area contributed by atoms with Crippen LogP contribution in [0.3, 0.4) is 0 Å². The first kappa shape index (κ1) is 13.6. The fraction of sp³-hybridized carbons (Fsp3) is 0.714. The van der Waals surface area contributed by atoms with Crippen molar-refractivity contribution in [2.24, 2.45) is 5.73 Å². The van der Waals surface area contributed by atoms with Gasteiger partial charge in [0.1, 0.15) is 11.5 Å². The average molecular weight is 252 g/mol. The Morgan fingerprint density at radius 2 is 2.33 bits per heavy atom. The van der Waals surface area contributed by atoms with Gasteiger partial charge in [-0.3, -0.25) is 4.90 Å². The number of nitrogens with zero attached hydrogens (tertiary/aromatic N) is 1. The average Bonchev–Trinajstić information content (AvgIpc) is 2.69. The maximum absolute atomic E-state index is 5.76. The van der Waals surface area contributed by atoms with Gasteiger partial charge in [-0.25, -0.2) is 0 Å². The van der Waals surface area contributed by atoms with Crippen LogP contribution in [0.1, 0.15) is 36.8 Å². The molecule has 1 aliphatic rings. The van der Waals surface area contributed by atoms with E-state index in [1.54, 1.807) is 7.11 Å². The largest absolute Gasteiger partial charge is 0.463 e. The van der Waals surface area contributed by atoms with Crippen LogP contribution in [-0.2, 0) is 17.8 Å². The molecule has 4 heteroatoms. The third-order valence-electron chi connectivity index (χ3n) is 3.87. The number of aryl methyl sites for hydroxylation is 1. The van der Waals surface area contributed by atoms with Gasteiger partial charge in [-0.15, -0.1) is 0 Å². The number of hydrogen-bond acceptors (Lipinski definition) is 4. The highest BCUT2D eigenvalue weighted by Gasteiger charge is 2.31. The summed E-state index contributed by atoms with van der Waals surface area (Å²) < 4.78 is 11.4. The van der Waals surface area contributed by atoms with E-state index in [9.17, 15) is 0 Å². The van der Waals surface area contributed by atoms with Crippen molar-refractivity contribution in [3.63, 3.8) is 0 Å². The molecule has 2 N–H and O–H groups in total. The van der Waals surface area contributed by atoms with Crippen LogP contribution in [0.2, 0.25) is 0 Å². The first-order valence-corrected chi connectivity index (χ1v) is 6.62. The summed E-state index contributed by atoms with van der Waals surface area (Å²) in [6.45, 7) is 7.61. The molecule has 2 heterocycles. The van der Waals surface area contributed by atoms with Gasteiger partial charge in [0.2, 0.25) is 0 Å². The summed E-state index contributed by atoms with van der Waals surface area (Å²) in [6.07, 6.45) is 2.30. The molecule has 1 atom stereocenters. The van der Waals surface area contributed by atoms with E-state index in [2.05, 4.69) is 17.9 Å². The van der Waals surface area contributed by atoms with E-state index >= 15 is 0 Å². The molecule has 1 aliphatic heterocycles. The summed E-state index contributed by atoms with van der Waals surface area (Å²) in [5, 5.41) is 0. The lowest BCUT2D eigenvalue weighted by molar-refractivity contribution is -0.0539. The van der Waals surface area contributed by atoms with Gasteiger partial charge in [0.05, 0.1) is 18.7 Å². The van der Waals surface area contributed by atoms with Gasteiger partial charge in [0.25, 0.3) is 0 Å². The second-order valence-electron chi connectivity index (χ2n) is 5.49. The summed E-state index contributed by atoms with van der Waals surface area (Å²) in [5.74, 6) is 1.91. The summed E-state index contributed by atoms with van der Waals surface area (Å²) in [6, 6.07) is 2.10. The van der Waals surface area contributed by atoms with Crippen LogP contribution in [-0.4, -0.2) is 30.7 Å². The van der Waals surface area contributed by atoms with Crippen LogP contribution in [0.4, 0.5) is 0 Å². The van der Waals surface area contributed by atoms with Crippen molar-refractivity contribution in [3.05, 3.63) is 23.2 Å². The SMILES string of the molecule is COC1(C)CCCN(Cc2cc(C)c(CN)o2)C1. The van der Waals surface area contributed by atoms with Crippen molar-refractivity contribution in [1.29, 1.82) is 0 Å². The Balaban J connectivity index is 2.00. The molecule has 0 aromatic carbocycles. The molecular formula is C14H24N2O2. The van der Waals surface area contributed by atoms with E-state index in [-0.39, 0.29) is 5.60 Å². The van der Waals surface area contributed by atoms with Crippen LogP contribution >= 0.6 is 0 Å². The highest BCUT2D eigenvalue weighted by atomic mass is 16.5. The number of nitrogens with two attached hydrogens (primary N) is 1. The Bertz CT molecular complexity index is 402. The monoisotopic (exact) mass is 252 g/mol. The zero-order chi connectivity index (χ0) is 13.2. The molecular weight excluding hydrogens is 228 g/mol. The zero-order valence-corrected chi connectivity index (χ0v) is 11.7. The number of hydrogen-bond donors (Lipinski definition) is 1. The molecule has 0 bridgehead atoms. The van der Waals surface area contributed by atoms with Crippen LogP contribution < -0.4 is 5.73 Å². The minimum absolute atomic E-state index is 0.0173. The minimum atomic E-state index is -0.0173. The minimum Gasteiger partial charge on any atom is -0.463 e. The molecule has 0 spiro atoms. The maximum Gasteiger partial charge on any atom is 0.120 e. The molecule has 1 unspecified atom stereocenters. The number of likely N-dealkylation sites (tertiary alicyclic amines) is 1. The Labute approximate surface area is 109 Å². The predicted octanol–water partition coefficient (Wildman–Crippen LogP) is 2.05. The van der Waals surface area contributed by atoms with Crippen LogP contribution in [0.15, 0.2) is 10.5 Å². The van der Waals surface area contributed by atoms with Gasteiger partial charge in [0, 0.05) is 13.7 Å². The topological polar surface area (TPSA) is 51.6 Å². The van der Waals surface area contributed by atoms with Gasteiger partial charge in [-0.05, 0) is 44.9 Å². The molecule has 1 aromatic heterocycles. The molecule has 0 aliphatic carbocycles. The van der Waals surface area contributed by atoms with Gasteiger partial charge in [-0.2, -0.15) is 0 Å². The number of ether oxygens (including phenoxy) is 1. The second-order valence-corrected chi connectivity index (χ2v) is 5.49. The second kappa shape index (κ2) is 5.43. The molecule has 1 aromatic rings. The summed E-state index contributed by atoms with van der Waals surface area (Å²) >= 11 is 0. The van der Waals surface area contributed by atoms with E-state index in [1.807, 2.05) is 6.92 Å². The van der Waals surface area contributed by atoms with Crippen LogP contribution in [0, 0.1) is 6.92 Å². The number of furan rings is 1. The van der Waals surface area contributed by atoms with Gasteiger partial charge >= 0.3 is 0 Å². The Morgan fingerprint density at radius 3 is 2.94 bits per heavy atom. The molecule has 1 saturated heterocycles. The maximum atomic E-state index is 5.76. The van der Waals surface area contributed by atoms with E-state index in [0.717, 1.165) is 43.1 Å². The Morgan fingerprint density at radius 1 is 1.56 bits per heavy atom. The van der Waals surface area contributed by atoms with E-state index < -0.39 is 0 Å². The number of piperidine rings is 1. The predicted molar refractivity (Wildman–Crippen MR) is 71.3 cm³/mol. The standard InChI is InChI=1S/C14H24N2O2/c1-11-7-12(18-13(11)8-15)9-16-6-4-5-14(2,10-16)17-3/h7H,4-6,8-10,15H2,1-3H3. The van der Waals surface area contributed by atoms with Crippen molar-refractivity contribution >= 4 is 0 Å². The zero-order valence-electron chi connectivity index (χ0n) is 11.7. The Kier molecular flexibility index (Phi) is 4.10. The highest BCUT2D eigenvalue weighted by molar-refractivity contribution is 5.19. The summed E-state index contributed by atoms with van der Waals surface area (Å²) in [7, 11) is 1.80. The summed E-state index contributed by atoms with van der Waals surface area (Å²) in [4.78, 5) is 2.39. The fourth-order valence-corrected chi connectivity index (χ4v) is 2.70. The molecule has 1 fully saturated rings. The molecule has 0 saturated carbocycles. The van der Waals surface area contributed by atoms with Gasteiger partial charge in [0.15, 0.2) is 0 Å². The third-order valence-corrected chi connectivity index (χ3v) is 3.87. The first-order valence-electron chi connectivity index (χ1n) is 6.62. The van der Waals surface area contributed by atoms with Crippen molar-refractivity contribution < 1.29 is 9.15 Å². The van der Waals surface area contributed by atoms with Crippen molar-refractivity contribution in [3.8, 4) is 0 Å². The third kappa shape index (κ3) is 2.94. The molecule has 4 nitrogen and oxygen atoms in total. The molecule has 2 rings (SSSR count). The van der Waals surface area contributed by atoms with Crippen molar-refractivity contribution in [2.75, 3.05) is 20.2 Å². The highest BCUT2D eigenvalue weighted by Crippen LogP contribution is 2.25.